The third-order valence-corrected chi connectivity index (χ3v) is 4.49. The summed E-state index contributed by atoms with van der Waals surface area (Å²) < 4.78 is 15.1. The van der Waals surface area contributed by atoms with Gasteiger partial charge in [-0.1, -0.05) is 30.3 Å². The highest BCUT2D eigenvalue weighted by Gasteiger charge is 2.16. The van der Waals surface area contributed by atoms with Crippen LogP contribution in [0.4, 0.5) is 10.2 Å². The van der Waals surface area contributed by atoms with E-state index in [1.165, 1.54) is 24.5 Å². The minimum Gasteiger partial charge on any atom is -0.503 e. The third-order valence-electron chi connectivity index (χ3n) is 4.49. The summed E-state index contributed by atoms with van der Waals surface area (Å²) in [5, 5.41) is 15.6. The van der Waals surface area contributed by atoms with Gasteiger partial charge in [-0.25, -0.2) is 19.4 Å². The Morgan fingerprint density at radius 3 is 2.73 bits per heavy atom. The number of nitrogens with two attached hydrogens (primary N) is 1. The molecule has 0 atom stereocenters. The second-order valence-electron chi connectivity index (χ2n) is 6.66. The number of rotatable bonds is 5. The van der Waals surface area contributed by atoms with E-state index in [9.17, 15) is 9.50 Å². The Hall–Kier alpha value is -4.07. The maximum absolute atomic E-state index is 13.2. The number of allylic oxidation sites excluding steroid dienone is 1. The van der Waals surface area contributed by atoms with Gasteiger partial charge in [-0.05, 0) is 43.0 Å². The molecule has 0 radical (unpaired) electrons. The summed E-state index contributed by atoms with van der Waals surface area (Å²) >= 11 is 0. The Bertz CT molecular complexity index is 1260. The average Bonchev–Trinajstić information content (AvgIpc) is 3.10. The van der Waals surface area contributed by atoms with E-state index in [0.29, 0.717) is 23.8 Å². The zero-order chi connectivity index (χ0) is 21.1. The van der Waals surface area contributed by atoms with Gasteiger partial charge in [0, 0.05) is 11.1 Å². The van der Waals surface area contributed by atoms with Gasteiger partial charge in [-0.2, -0.15) is 5.10 Å². The van der Waals surface area contributed by atoms with E-state index < -0.39 is 0 Å². The Kier molecular flexibility index (Phi) is 5.21. The summed E-state index contributed by atoms with van der Waals surface area (Å²) in [6, 6.07) is 14.0. The lowest BCUT2D eigenvalue weighted by atomic mass is 10.2. The van der Waals surface area contributed by atoms with Crippen LogP contribution in [0.1, 0.15) is 12.5 Å². The predicted molar refractivity (Wildman–Crippen MR) is 114 cm³/mol. The first-order valence-electron chi connectivity index (χ1n) is 9.25. The molecule has 2 aromatic carbocycles. The molecule has 0 amide bonds. The number of para-hydroxylation sites is 1. The lowest BCUT2D eigenvalue weighted by molar-refractivity contribution is 0.471. The van der Waals surface area contributed by atoms with Gasteiger partial charge in [-0.3, -0.25) is 4.68 Å². The minimum absolute atomic E-state index is 0.132. The van der Waals surface area contributed by atoms with Crippen molar-refractivity contribution in [2.24, 2.45) is 10.7 Å². The molecule has 0 spiro atoms. The van der Waals surface area contributed by atoms with Gasteiger partial charge in [0.05, 0.1) is 18.3 Å². The molecular formula is C22H19FN6O. The summed E-state index contributed by atoms with van der Waals surface area (Å²) in [4.78, 5) is 12.9. The van der Waals surface area contributed by atoms with Crippen molar-refractivity contribution in [1.82, 2.24) is 19.7 Å². The van der Waals surface area contributed by atoms with Crippen molar-refractivity contribution >= 4 is 22.4 Å². The number of nitrogens with zero attached hydrogens (tertiary/aromatic N) is 5. The molecule has 3 N–H and O–H groups in total. The molecule has 2 aromatic heterocycles. The van der Waals surface area contributed by atoms with E-state index in [1.807, 2.05) is 28.9 Å². The SMILES string of the molecule is CC(/C=C\N)=Nc1nc(-c2nn(Cc3ccc(F)cc3)c3ccccc23)ncc1O. The van der Waals surface area contributed by atoms with Crippen molar-refractivity contribution in [3.63, 3.8) is 0 Å². The normalized spacial score (nSPS) is 12.1. The van der Waals surface area contributed by atoms with Crippen LogP contribution in [0.25, 0.3) is 22.4 Å². The summed E-state index contributed by atoms with van der Waals surface area (Å²) in [5.74, 6) is 0.0478. The maximum atomic E-state index is 13.2. The summed E-state index contributed by atoms with van der Waals surface area (Å²) in [6.45, 7) is 2.21. The number of hydrogen-bond acceptors (Lipinski definition) is 6. The van der Waals surface area contributed by atoms with E-state index >= 15 is 0 Å². The molecule has 8 heteroatoms. The molecular weight excluding hydrogens is 383 g/mol. The fourth-order valence-electron chi connectivity index (χ4n) is 3.08. The van der Waals surface area contributed by atoms with E-state index in [4.69, 9.17) is 10.8 Å². The fourth-order valence-corrected chi connectivity index (χ4v) is 3.08. The molecule has 0 saturated heterocycles. The van der Waals surface area contributed by atoms with Crippen LogP contribution in [-0.4, -0.2) is 30.6 Å². The fraction of sp³-hybridized carbons (Fsp3) is 0.0909. The maximum Gasteiger partial charge on any atom is 0.198 e. The highest BCUT2D eigenvalue weighted by Crippen LogP contribution is 2.30. The van der Waals surface area contributed by atoms with Gasteiger partial charge in [0.25, 0.3) is 0 Å². The van der Waals surface area contributed by atoms with Crippen LogP contribution < -0.4 is 5.73 Å². The molecule has 0 unspecified atom stereocenters. The average molecular weight is 402 g/mol. The van der Waals surface area contributed by atoms with Crippen molar-refractivity contribution in [1.29, 1.82) is 0 Å². The summed E-state index contributed by atoms with van der Waals surface area (Å²) in [7, 11) is 0. The van der Waals surface area contributed by atoms with Crippen LogP contribution in [0.2, 0.25) is 0 Å². The van der Waals surface area contributed by atoms with Gasteiger partial charge in [0.15, 0.2) is 17.4 Å². The lowest BCUT2D eigenvalue weighted by Gasteiger charge is -2.04. The molecule has 0 saturated carbocycles. The molecule has 2 heterocycles. The molecule has 4 rings (SSSR count). The molecule has 150 valence electrons. The van der Waals surface area contributed by atoms with Gasteiger partial charge in [0.2, 0.25) is 0 Å². The number of hydrogen-bond donors (Lipinski definition) is 2. The van der Waals surface area contributed by atoms with Crippen LogP contribution in [-0.2, 0) is 6.54 Å². The summed E-state index contributed by atoms with van der Waals surface area (Å²) in [6.07, 6.45) is 4.27. The molecule has 0 fully saturated rings. The van der Waals surface area contributed by atoms with E-state index in [2.05, 4.69) is 15.0 Å². The molecule has 30 heavy (non-hydrogen) atoms. The topological polar surface area (TPSA) is 102 Å². The number of benzene rings is 2. The Morgan fingerprint density at radius 1 is 1.20 bits per heavy atom. The van der Waals surface area contributed by atoms with Gasteiger partial charge in [0.1, 0.15) is 11.5 Å². The highest BCUT2D eigenvalue weighted by atomic mass is 19.1. The lowest BCUT2D eigenvalue weighted by Crippen LogP contribution is -2.02. The standard InChI is InChI=1S/C22H19FN6O/c1-14(10-11-24)26-21-19(30)12-25-22(27-21)20-17-4-2-3-5-18(17)29(28-20)13-15-6-8-16(23)9-7-15/h2-12,30H,13,24H2,1H3/b11-10-,26-14?. The smallest absolute Gasteiger partial charge is 0.198 e. The van der Waals surface area contributed by atoms with Crippen LogP contribution in [0.3, 0.4) is 0 Å². The van der Waals surface area contributed by atoms with E-state index in [1.54, 1.807) is 25.1 Å². The molecule has 0 aliphatic carbocycles. The first-order chi connectivity index (χ1) is 14.5. The predicted octanol–water partition coefficient (Wildman–Crippen LogP) is 3.95. The Balaban J connectivity index is 1.80. The van der Waals surface area contributed by atoms with Crippen LogP contribution in [0.15, 0.2) is 72.0 Å². The Morgan fingerprint density at radius 2 is 1.97 bits per heavy atom. The molecule has 4 aromatic rings. The first-order valence-corrected chi connectivity index (χ1v) is 9.25. The van der Waals surface area contributed by atoms with Crippen molar-refractivity contribution in [2.75, 3.05) is 0 Å². The van der Waals surface area contributed by atoms with E-state index in [-0.39, 0.29) is 17.4 Å². The minimum atomic E-state index is -0.282. The second-order valence-corrected chi connectivity index (χ2v) is 6.66. The number of halogens is 1. The zero-order valence-corrected chi connectivity index (χ0v) is 16.2. The number of fused-ring (bicyclic) bond motifs is 1. The number of aliphatic imine (C=N–C) groups is 1. The number of aromatic hydroxyl groups is 1. The zero-order valence-electron chi connectivity index (χ0n) is 16.2. The molecule has 0 aliphatic heterocycles. The van der Waals surface area contributed by atoms with E-state index in [0.717, 1.165) is 16.5 Å². The first kappa shape index (κ1) is 19.3. The van der Waals surface area contributed by atoms with Crippen molar-refractivity contribution in [3.8, 4) is 17.3 Å². The van der Waals surface area contributed by atoms with Gasteiger partial charge < -0.3 is 10.8 Å². The quantitative estimate of drug-likeness (QED) is 0.492. The second kappa shape index (κ2) is 8.12. The van der Waals surface area contributed by atoms with Crippen LogP contribution in [0.5, 0.6) is 5.75 Å². The molecule has 0 bridgehead atoms. The number of aromatic nitrogens is 4. The van der Waals surface area contributed by atoms with Crippen LogP contribution in [0, 0.1) is 5.82 Å². The molecule has 7 nitrogen and oxygen atoms in total. The molecule has 0 aliphatic rings. The van der Waals surface area contributed by atoms with Crippen molar-refractivity contribution < 1.29 is 9.50 Å². The van der Waals surface area contributed by atoms with Gasteiger partial charge in [-0.15, -0.1) is 0 Å². The van der Waals surface area contributed by atoms with Crippen molar-refractivity contribution in [3.05, 3.63) is 78.4 Å². The van der Waals surface area contributed by atoms with Gasteiger partial charge >= 0.3 is 0 Å². The highest BCUT2D eigenvalue weighted by molar-refractivity contribution is 5.95. The summed E-state index contributed by atoms with van der Waals surface area (Å²) in [5.41, 5.74) is 8.35. The largest absolute Gasteiger partial charge is 0.503 e. The van der Waals surface area contributed by atoms with Crippen molar-refractivity contribution in [2.45, 2.75) is 13.5 Å². The van der Waals surface area contributed by atoms with Crippen LogP contribution >= 0.6 is 0 Å². The Labute approximate surface area is 172 Å². The third kappa shape index (κ3) is 3.88. The monoisotopic (exact) mass is 402 g/mol.